The van der Waals surface area contributed by atoms with Crippen LogP contribution in [0.25, 0.3) is 0 Å². The van der Waals surface area contributed by atoms with Crippen molar-refractivity contribution in [2.24, 2.45) is 58.2 Å². The molecule has 9 aliphatic rings. The molecule has 10 nitrogen and oxygen atoms in total. The highest BCUT2D eigenvalue weighted by molar-refractivity contribution is 4.93. The van der Waals surface area contributed by atoms with Gasteiger partial charge in [-0.3, -0.25) is 49.0 Å². The highest BCUT2D eigenvalue weighted by atomic mass is 15.3. The molecule has 0 unspecified atom stereocenters. The first-order valence-electron chi connectivity index (χ1n) is 47.1. The Balaban J connectivity index is -0.000000273. The molecule has 9 saturated heterocycles. The maximum absolute atomic E-state index is 2.62. The zero-order valence-electron chi connectivity index (χ0n) is 87.5. The minimum atomic E-state index is 0.337. The maximum atomic E-state index is 2.62. The van der Waals surface area contributed by atoms with E-state index in [1.807, 2.05) is 83.1 Å². The molecule has 0 spiro atoms. The summed E-state index contributed by atoms with van der Waals surface area (Å²) in [5.74, 6) is 7.41. The van der Waals surface area contributed by atoms with Crippen LogP contribution in [0.15, 0.2) is 0 Å². The van der Waals surface area contributed by atoms with Gasteiger partial charge in [-0.15, -0.1) is 0 Å². The fourth-order valence-electron chi connectivity index (χ4n) is 15.0. The minimum Gasteiger partial charge on any atom is -0.298 e. The predicted octanol–water partition coefficient (Wildman–Crippen LogP) is 26.6. The second-order valence-electron chi connectivity index (χ2n) is 45.7. The standard InChI is InChI=1S/2C13H27N.C12H26N2.2C9H19N.4C8H17N.6C2H6/c2*1-12(2,3)11-7-9-14(10-8-11)13(4,5)6;1-11(2,3)13-7-9-14(10-8-13)12(4,5)6;2*1-8-5-6-10(7-8)9(2,3)4;4*1-7-5-9(6-7)8(2,3)4;6*1-2/h2*11H,7-10H2,1-6H3;7-10H2,1-6H3;2*8H,5-7H2,1-4H3;4*7H,5-6H2,1-4H3;6*1-2H3/t;;;2*8-;;;;;;;;;;/m...10........../s1. The molecule has 0 bridgehead atoms. The molecule has 10 heteroatoms. The van der Waals surface area contributed by atoms with E-state index in [1.54, 1.807) is 0 Å². The van der Waals surface area contributed by atoms with Crippen molar-refractivity contribution in [2.75, 3.05) is 131 Å². The van der Waals surface area contributed by atoms with Gasteiger partial charge in [0.1, 0.15) is 0 Å². The average molecular weight is 1560 g/mol. The lowest BCUT2D eigenvalue weighted by Crippen LogP contribution is -2.57. The molecule has 672 valence electrons. The first-order chi connectivity index (χ1) is 49.6. The number of hydrogen-bond acceptors (Lipinski definition) is 10. The largest absolute Gasteiger partial charge is 0.298 e. The number of rotatable bonds is 0. The van der Waals surface area contributed by atoms with Crippen LogP contribution in [-0.4, -0.2) is 235 Å². The van der Waals surface area contributed by atoms with Crippen molar-refractivity contribution in [3.63, 3.8) is 0 Å². The van der Waals surface area contributed by atoms with Crippen molar-refractivity contribution in [2.45, 2.75) is 468 Å². The van der Waals surface area contributed by atoms with Crippen LogP contribution in [0.1, 0.15) is 412 Å². The van der Waals surface area contributed by atoms with Gasteiger partial charge >= 0.3 is 0 Å². The number of hydrogen-bond donors (Lipinski definition) is 0. The lowest BCUT2D eigenvalue weighted by molar-refractivity contribution is 0.0211. The van der Waals surface area contributed by atoms with Crippen molar-refractivity contribution >= 4 is 0 Å². The molecular weight excluding hydrogens is 1340 g/mol. The van der Waals surface area contributed by atoms with Gasteiger partial charge < -0.3 is 0 Å². The van der Waals surface area contributed by atoms with E-state index in [-0.39, 0.29) is 0 Å². The summed E-state index contributed by atoms with van der Waals surface area (Å²) >= 11 is 0. The fourth-order valence-corrected chi connectivity index (χ4v) is 15.0. The number of piperazine rings is 1. The maximum Gasteiger partial charge on any atom is 0.0126 e. The molecule has 9 fully saturated rings. The summed E-state index contributed by atoms with van der Waals surface area (Å²) in [5, 5.41) is 0. The Bertz CT molecular complexity index is 1780. The fraction of sp³-hybridized carbons (Fsp3) is 1.00. The summed E-state index contributed by atoms with van der Waals surface area (Å²) in [4.78, 5) is 25.6. The van der Waals surface area contributed by atoms with Gasteiger partial charge in [0.25, 0.3) is 0 Å². The molecule has 0 radical (unpaired) electrons. The Morgan fingerprint density at radius 2 is 0.264 bits per heavy atom. The van der Waals surface area contributed by atoms with Gasteiger partial charge in [-0.1, -0.05) is 166 Å². The normalized spacial score (nSPS) is 22.2. The number of likely N-dealkylation sites (tertiary alicyclic amines) is 8. The average Bonchev–Trinajstić information content (AvgIpc) is 1.37. The molecule has 0 aliphatic carbocycles. The zero-order valence-corrected chi connectivity index (χ0v) is 87.5. The van der Waals surface area contributed by atoms with Crippen molar-refractivity contribution in [1.82, 2.24) is 49.0 Å². The van der Waals surface area contributed by atoms with Gasteiger partial charge in [0.2, 0.25) is 0 Å². The van der Waals surface area contributed by atoms with E-state index in [0.29, 0.717) is 66.2 Å². The first-order valence-corrected chi connectivity index (χ1v) is 47.1. The van der Waals surface area contributed by atoms with Crippen LogP contribution < -0.4 is 0 Å². The Labute approximate surface area is 701 Å². The molecule has 0 aromatic carbocycles. The van der Waals surface area contributed by atoms with Crippen LogP contribution in [0.3, 0.4) is 0 Å². The van der Waals surface area contributed by atoms with Crippen molar-refractivity contribution in [1.29, 1.82) is 0 Å². The lowest BCUT2D eigenvalue weighted by Gasteiger charge is -2.46. The summed E-state index contributed by atoms with van der Waals surface area (Å²) in [7, 11) is 0. The monoisotopic (exact) mass is 1560 g/mol. The Morgan fingerprint density at radius 1 is 0.145 bits per heavy atom. The third-order valence-electron chi connectivity index (χ3n) is 23.3. The molecule has 9 aliphatic heterocycles. The van der Waals surface area contributed by atoms with E-state index >= 15 is 0 Å². The third kappa shape index (κ3) is 53.2. The van der Waals surface area contributed by atoms with E-state index in [2.05, 4.69) is 340 Å². The van der Waals surface area contributed by atoms with Gasteiger partial charge in [-0.05, 0) is 344 Å². The van der Waals surface area contributed by atoms with E-state index in [1.165, 1.54) is 169 Å². The van der Waals surface area contributed by atoms with Crippen molar-refractivity contribution < 1.29 is 0 Å². The van der Waals surface area contributed by atoms with Crippen LogP contribution in [0.4, 0.5) is 0 Å². The molecule has 2 atom stereocenters. The molecule has 0 N–H and O–H groups in total. The summed E-state index contributed by atoms with van der Waals surface area (Å²) in [6.07, 6.45) is 8.28. The van der Waals surface area contributed by atoms with Gasteiger partial charge in [0, 0.05) is 147 Å². The Hall–Kier alpha value is -0.400. The smallest absolute Gasteiger partial charge is 0.0126 e. The van der Waals surface area contributed by atoms with Crippen LogP contribution in [0, 0.1) is 58.2 Å². The van der Waals surface area contributed by atoms with Gasteiger partial charge in [-0.25, -0.2) is 0 Å². The van der Waals surface area contributed by atoms with Gasteiger partial charge in [0.05, 0.1) is 0 Å². The third-order valence-corrected chi connectivity index (χ3v) is 23.3. The number of nitrogens with zero attached hydrogens (tertiary/aromatic N) is 10. The molecule has 110 heavy (non-hydrogen) atoms. The summed E-state index contributed by atoms with van der Waals surface area (Å²) in [5.41, 5.74) is 4.83. The molecule has 0 aromatic heterocycles. The highest BCUT2D eigenvalue weighted by Gasteiger charge is 2.38. The van der Waals surface area contributed by atoms with Gasteiger partial charge in [-0.2, -0.15) is 0 Å². The SMILES string of the molecule is CC.CC.CC.CC.CC.CC.CC(C)(C)C1CCN(C(C)(C)C)CC1.CC(C)(C)C1CCN(C(C)(C)C)CC1.CC(C)(C)N1CCN(C(C)(C)C)CC1.CC1CN(C(C)(C)C)C1.CC1CN(C(C)(C)C)C1.CC1CN(C(C)(C)C)C1.CC1CN(C(C)(C)C)C1.C[C@@H]1CCN(C(C)(C)C)C1.C[C@H]1CCN(C(C)(C)C)C1. The number of piperidine rings is 2. The minimum absolute atomic E-state index is 0.337. The molecule has 0 aromatic rings. The second kappa shape index (κ2) is 54.7. The quantitative estimate of drug-likeness (QED) is 0.234. The van der Waals surface area contributed by atoms with E-state index in [9.17, 15) is 0 Å². The van der Waals surface area contributed by atoms with E-state index in [0.717, 1.165) is 47.3 Å². The summed E-state index contributed by atoms with van der Waals surface area (Å²) in [6.45, 7) is 147. The first kappa shape index (κ1) is 120. The van der Waals surface area contributed by atoms with Gasteiger partial charge in [0.15, 0.2) is 0 Å². The zero-order chi connectivity index (χ0) is 88.8. The molecular formula is C100H222N10. The molecule has 0 amide bonds. The van der Waals surface area contributed by atoms with Crippen LogP contribution >= 0.6 is 0 Å². The van der Waals surface area contributed by atoms with Crippen LogP contribution in [0.2, 0.25) is 0 Å². The van der Waals surface area contributed by atoms with Crippen molar-refractivity contribution in [3.05, 3.63) is 0 Å². The highest BCUT2D eigenvalue weighted by Crippen LogP contribution is 2.38. The van der Waals surface area contributed by atoms with Crippen LogP contribution in [-0.2, 0) is 0 Å². The topological polar surface area (TPSA) is 32.4 Å². The van der Waals surface area contributed by atoms with E-state index < -0.39 is 0 Å². The molecule has 9 rings (SSSR count). The second-order valence-corrected chi connectivity index (χ2v) is 45.7. The lowest BCUT2D eigenvalue weighted by atomic mass is 9.75. The predicted molar refractivity (Wildman–Crippen MR) is 510 cm³/mol. The Kier molecular flexibility index (Phi) is 59.9. The molecule has 0 saturated carbocycles. The summed E-state index contributed by atoms with van der Waals surface area (Å²) < 4.78 is 0. The van der Waals surface area contributed by atoms with E-state index in [4.69, 9.17) is 0 Å². The Morgan fingerprint density at radius 3 is 0.345 bits per heavy atom. The molecule has 9 heterocycles. The van der Waals surface area contributed by atoms with Crippen molar-refractivity contribution in [3.8, 4) is 0 Å². The summed E-state index contributed by atoms with van der Waals surface area (Å²) in [6, 6.07) is 0. The van der Waals surface area contributed by atoms with Crippen LogP contribution in [0.5, 0.6) is 0 Å².